The van der Waals surface area contributed by atoms with Gasteiger partial charge in [-0.25, -0.2) is 4.98 Å². The molecule has 1 aliphatic heterocycles. The molecule has 3 aromatic carbocycles. The Bertz CT molecular complexity index is 1170. The lowest BCUT2D eigenvalue weighted by molar-refractivity contribution is 0.104. The Kier molecular flexibility index (Phi) is 3.06. The van der Waals surface area contributed by atoms with Gasteiger partial charge in [0.15, 0.2) is 0 Å². The molecule has 0 saturated carbocycles. The molecule has 0 radical (unpaired) electrons. The van der Waals surface area contributed by atoms with Gasteiger partial charge < -0.3 is 10.6 Å². The van der Waals surface area contributed by atoms with E-state index in [4.69, 9.17) is 4.98 Å². The molecular weight excluding hydrogens is 322 g/mol. The summed E-state index contributed by atoms with van der Waals surface area (Å²) in [5.74, 6) is -0.0619. The van der Waals surface area contributed by atoms with Crippen molar-refractivity contribution >= 4 is 44.7 Å². The number of hydrogen-bond donors (Lipinski definition) is 2. The number of aromatic nitrogens is 1. The van der Waals surface area contributed by atoms with Crippen LogP contribution >= 0.6 is 0 Å². The molecule has 4 aromatic rings. The number of ketones is 1. The van der Waals surface area contributed by atoms with Gasteiger partial charge in [-0.1, -0.05) is 43.0 Å². The summed E-state index contributed by atoms with van der Waals surface area (Å²) < 4.78 is 0. The van der Waals surface area contributed by atoms with Gasteiger partial charge in [0.1, 0.15) is 0 Å². The second-order valence-electron chi connectivity index (χ2n) is 6.34. The van der Waals surface area contributed by atoms with E-state index in [0.29, 0.717) is 11.3 Å². The van der Waals surface area contributed by atoms with E-state index in [-0.39, 0.29) is 5.78 Å². The fraction of sp³-hybridized carbons (Fsp3) is 0. The highest BCUT2D eigenvalue weighted by Crippen LogP contribution is 2.35. The summed E-state index contributed by atoms with van der Waals surface area (Å²) in [5.41, 5.74) is 5.56. The largest absolute Gasteiger partial charge is 0.354 e. The molecule has 4 nitrogen and oxygen atoms in total. The minimum Gasteiger partial charge on any atom is -0.354 e. The van der Waals surface area contributed by atoms with Crippen LogP contribution in [0, 0.1) is 0 Å². The number of carbonyl (C=O) groups excluding carboxylic acids is 1. The molecule has 4 heteroatoms. The van der Waals surface area contributed by atoms with E-state index >= 15 is 0 Å². The zero-order valence-corrected chi connectivity index (χ0v) is 13.9. The number of anilines is 3. The van der Waals surface area contributed by atoms with Crippen molar-refractivity contribution in [3.63, 3.8) is 0 Å². The van der Waals surface area contributed by atoms with Gasteiger partial charge in [0.05, 0.1) is 28.1 Å². The van der Waals surface area contributed by atoms with Gasteiger partial charge in [0, 0.05) is 22.0 Å². The predicted octanol–water partition coefficient (Wildman–Crippen LogP) is 5.25. The van der Waals surface area contributed by atoms with E-state index in [0.717, 1.165) is 38.9 Å². The van der Waals surface area contributed by atoms with E-state index in [1.807, 2.05) is 54.6 Å². The van der Waals surface area contributed by atoms with E-state index in [1.54, 1.807) is 0 Å². The lowest BCUT2D eigenvalue weighted by Crippen LogP contribution is -1.98. The molecular formula is C22H15N3O. The Morgan fingerprint density at radius 1 is 0.885 bits per heavy atom. The fourth-order valence-electron chi connectivity index (χ4n) is 3.42. The van der Waals surface area contributed by atoms with Crippen molar-refractivity contribution in [1.82, 2.24) is 4.98 Å². The number of carbonyl (C=O) groups is 1. The predicted molar refractivity (Wildman–Crippen MR) is 106 cm³/mol. The molecule has 0 saturated heterocycles. The van der Waals surface area contributed by atoms with Crippen molar-refractivity contribution in [3.05, 3.63) is 84.6 Å². The van der Waals surface area contributed by atoms with Crippen LogP contribution in [0.2, 0.25) is 0 Å². The molecule has 2 N–H and O–H groups in total. The first-order valence-corrected chi connectivity index (χ1v) is 8.40. The number of allylic oxidation sites excluding steroid dienone is 1. The summed E-state index contributed by atoms with van der Waals surface area (Å²) in [6, 6.07) is 21.8. The average molecular weight is 337 g/mol. The maximum absolute atomic E-state index is 12.2. The van der Waals surface area contributed by atoms with E-state index in [9.17, 15) is 4.79 Å². The number of fused-ring (bicyclic) bond motifs is 3. The minimum atomic E-state index is -0.0619. The number of nitrogens with one attached hydrogen (secondary N) is 2. The Labute approximate surface area is 150 Å². The number of Topliss-reactive ketones (excluding diaryl/α,β-unsaturated/α-hetero) is 1. The zero-order chi connectivity index (χ0) is 17.7. The van der Waals surface area contributed by atoms with Gasteiger partial charge in [-0.15, -0.1) is 0 Å². The molecule has 1 aliphatic rings. The molecule has 1 aromatic heterocycles. The van der Waals surface area contributed by atoms with Gasteiger partial charge >= 0.3 is 0 Å². The third-order valence-corrected chi connectivity index (χ3v) is 4.68. The average Bonchev–Trinajstić information content (AvgIpc) is 2.95. The summed E-state index contributed by atoms with van der Waals surface area (Å²) in [7, 11) is 0. The Hall–Kier alpha value is -3.66. The van der Waals surface area contributed by atoms with Gasteiger partial charge in [-0.05, 0) is 30.3 Å². The molecule has 0 unspecified atom stereocenters. The van der Waals surface area contributed by atoms with Crippen LogP contribution in [-0.2, 0) is 0 Å². The summed E-state index contributed by atoms with van der Waals surface area (Å²) in [4.78, 5) is 17.0. The van der Waals surface area contributed by atoms with Gasteiger partial charge in [-0.2, -0.15) is 0 Å². The zero-order valence-electron chi connectivity index (χ0n) is 13.9. The van der Waals surface area contributed by atoms with E-state index in [1.165, 1.54) is 0 Å². The molecule has 0 fully saturated rings. The molecule has 124 valence electrons. The number of pyridine rings is 1. The Morgan fingerprint density at radius 3 is 2.23 bits per heavy atom. The van der Waals surface area contributed by atoms with Crippen LogP contribution in [0.1, 0.15) is 10.4 Å². The molecule has 0 atom stereocenters. The van der Waals surface area contributed by atoms with Crippen molar-refractivity contribution in [1.29, 1.82) is 0 Å². The fourth-order valence-corrected chi connectivity index (χ4v) is 3.42. The summed E-state index contributed by atoms with van der Waals surface area (Å²) in [6.07, 6.45) is 0. The monoisotopic (exact) mass is 337 g/mol. The highest BCUT2D eigenvalue weighted by atomic mass is 16.1. The smallest absolute Gasteiger partial charge is 0.210 e. The quantitative estimate of drug-likeness (QED) is 0.387. The topological polar surface area (TPSA) is 54.0 Å². The molecule has 5 rings (SSSR count). The normalized spacial score (nSPS) is 13.1. The lowest BCUT2D eigenvalue weighted by Gasteiger charge is -2.14. The van der Waals surface area contributed by atoms with Crippen molar-refractivity contribution in [2.75, 3.05) is 10.6 Å². The summed E-state index contributed by atoms with van der Waals surface area (Å²) in [6.45, 7) is 3.76. The first kappa shape index (κ1) is 14.7. The van der Waals surface area contributed by atoms with Crippen LogP contribution in [-0.4, -0.2) is 10.8 Å². The summed E-state index contributed by atoms with van der Waals surface area (Å²) >= 11 is 0. The minimum absolute atomic E-state index is 0.0619. The van der Waals surface area contributed by atoms with Crippen LogP contribution in [0.25, 0.3) is 21.8 Å². The van der Waals surface area contributed by atoms with Crippen molar-refractivity contribution < 1.29 is 4.79 Å². The number of rotatable bonds is 2. The highest BCUT2D eigenvalue weighted by Gasteiger charge is 2.23. The number of benzene rings is 3. The number of para-hydroxylation sites is 2. The molecule has 0 spiro atoms. The molecule has 0 bridgehead atoms. The second-order valence-corrected chi connectivity index (χ2v) is 6.34. The maximum atomic E-state index is 12.2. The first-order valence-electron chi connectivity index (χ1n) is 8.40. The third kappa shape index (κ3) is 2.16. The van der Waals surface area contributed by atoms with Crippen LogP contribution in [0.4, 0.5) is 17.1 Å². The van der Waals surface area contributed by atoms with Gasteiger partial charge in [0.25, 0.3) is 0 Å². The van der Waals surface area contributed by atoms with Crippen molar-refractivity contribution in [2.24, 2.45) is 0 Å². The van der Waals surface area contributed by atoms with E-state index < -0.39 is 0 Å². The Morgan fingerprint density at radius 2 is 1.54 bits per heavy atom. The SMILES string of the molecule is C=C1Nc2ccc(Nc3c4ccccc4nc4ccccc34)cc2C1=O. The van der Waals surface area contributed by atoms with Gasteiger partial charge in [0.2, 0.25) is 5.78 Å². The number of hydrogen-bond acceptors (Lipinski definition) is 4. The highest BCUT2D eigenvalue weighted by molar-refractivity contribution is 6.18. The second kappa shape index (κ2) is 5.43. The van der Waals surface area contributed by atoms with Crippen LogP contribution in [0.15, 0.2) is 79.0 Å². The first-order chi connectivity index (χ1) is 12.7. The van der Waals surface area contributed by atoms with Crippen LogP contribution in [0.5, 0.6) is 0 Å². The van der Waals surface area contributed by atoms with Crippen LogP contribution in [0.3, 0.4) is 0 Å². The molecule has 26 heavy (non-hydrogen) atoms. The molecule has 0 amide bonds. The maximum Gasteiger partial charge on any atom is 0.210 e. The van der Waals surface area contributed by atoms with E-state index in [2.05, 4.69) is 29.3 Å². The Balaban J connectivity index is 1.70. The van der Waals surface area contributed by atoms with Crippen molar-refractivity contribution in [3.8, 4) is 0 Å². The molecule has 2 heterocycles. The van der Waals surface area contributed by atoms with Gasteiger partial charge in [-0.3, -0.25) is 4.79 Å². The summed E-state index contributed by atoms with van der Waals surface area (Å²) in [5, 5.41) is 8.61. The molecule has 0 aliphatic carbocycles. The number of nitrogens with zero attached hydrogens (tertiary/aromatic N) is 1. The standard InChI is InChI=1S/C22H15N3O/c1-13-22(26)17-12-14(10-11-20(17)23-13)24-21-15-6-2-4-8-18(15)25-19-9-5-3-7-16(19)21/h2-12,23H,1H2,(H,24,25). The lowest BCUT2D eigenvalue weighted by atomic mass is 10.1. The third-order valence-electron chi connectivity index (χ3n) is 4.68. The van der Waals surface area contributed by atoms with Crippen LogP contribution < -0.4 is 10.6 Å². The van der Waals surface area contributed by atoms with Crippen molar-refractivity contribution in [2.45, 2.75) is 0 Å².